The molecule has 5 rings (SSSR count). The van der Waals surface area contributed by atoms with Gasteiger partial charge in [0, 0.05) is 30.2 Å². The van der Waals surface area contributed by atoms with Crippen molar-refractivity contribution in [3.8, 4) is 11.4 Å². The molecule has 0 aliphatic carbocycles. The second-order valence-corrected chi connectivity index (χ2v) is 7.87. The highest BCUT2D eigenvalue weighted by Crippen LogP contribution is 2.37. The molecule has 1 N–H and O–H groups in total. The number of nitrogens with zero attached hydrogens (tertiary/aromatic N) is 4. The Morgan fingerprint density at radius 2 is 1.94 bits per heavy atom. The predicted molar refractivity (Wildman–Crippen MR) is 125 cm³/mol. The van der Waals surface area contributed by atoms with Crippen LogP contribution in [-0.4, -0.2) is 41.3 Å². The zero-order valence-corrected chi connectivity index (χ0v) is 17.9. The van der Waals surface area contributed by atoms with Gasteiger partial charge < -0.3 is 15.0 Å². The maximum Gasteiger partial charge on any atom is 0.0944 e. The first-order chi connectivity index (χ1) is 15.2. The normalized spacial score (nSPS) is 14.1. The number of benzene rings is 1. The minimum absolute atomic E-state index is 0.609. The molecule has 1 aliphatic rings. The summed E-state index contributed by atoms with van der Waals surface area (Å²) in [6.45, 7) is 5.25. The second-order valence-electron chi connectivity index (χ2n) is 7.47. The van der Waals surface area contributed by atoms with E-state index in [2.05, 4.69) is 33.2 Å². The van der Waals surface area contributed by atoms with E-state index in [-0.39, 0.29) is 0 Å². The van der Waals surface area contributed by atoms with Crippen LogP contribution in [0.25, 0.3) is 22.3 Å². The highest BCUT2D eigenvalue weighted by molar-refractivity contribution is 6.35. The minimum atomic E-state index is 0.609. The van der Waals surface area contributed by atoms with Crippen molar-refractivity contribution in [2.24, 2.45) is 0 Å². The zero-order valence-electron chi connectivity index (χ0n) is 17.2. The number of aromatic nitrogens is 3. The van der Waals surface area contributed by atoms with Gasteiger partial charge in [-0.2, -0.15) is 0 Å². The van der Waals surface area contributed by atoms with Gasteiger partial charge in [-0.15, -0.1) is 0 Å². The molecule has 0 spiro atoms. The number of rotatable bonds is 4. The van der Waals surface area contributed by atoms with Crippen LogP contribution in [0.2, 0.25) is 5.02 Å². The van der Waals surface area contributed by atoms with Crippen molar-refractivity contribution < 1.29 is 4.74 Å². The lowest BCUT2D eigenvalue weighted by Crippen LogP contribution is -2.36. The molecule has 3 aromatic heterocycles. The van der Waals surface area contributed by atoms with E-state index in [0.29, 0.717) is 5.02 Å². The van der Waals surface area contributed by atoms with Gasteiger partial charge in [-0.05, 0) is 31.2 Å². The van der Waals surface area contributed by atoms with Crippen molar-refractivity contribution in [1.29, 1.82) is 0 Å². The Bertz CT molecular complexity index is 1230. The number of hydrogen-bond donors (Lipinski definition) is 1. The van der Waals surface area contributed by atoms with Gasteiger partial charge in [0.25, 0.3) is 0 Å². The standard InChI is InChI=1S/C24H22ClN5O/c1-16-22(28-17-13-18(15-26-14-17)30-9-11-31-12-10-30)19-5-4-6-20(25)24(19)29-23(16)21-7-2-3-8-27-21/h2-8,13-15H,9-12H2,1H3,(H,28,29). The van der Waals surface area contributed by atoms with Gasteiger partial charge in [0.05, 0.1) is 64.6 Å². The average molecular weight is 432 g/mol. The van der Waals surface area contributed by atoms with Gasteiger partial charge in [-0.1, -0.05) is 29.8 Å². The molecule has 4 aromatic rings. The molecule has 7 heteroatoms. The first-order valence-corrected chi connectivity index (χ1v) is 10.6. The number of para-hydroxylation sites is 1. The Hall–Kier alpha value is -3.22. The number of hydrogen-bond acceptors (Lipinski definition) is 6. The molecule has 0 bridgehead atoms. The van der Waals surface area contributed by atoms with Crippen LogP contribution in [0, 0.1) is 6.92 Å². The Labute approximate surface area is 185 Å². The highest BCUT2D eigenvalue weighted by atomic mass is 35.5. The number of halogens is 1. The first-order valence-electron chi connectivity index (χ1n) is 10.3. The molecule has 156 valence electrons. The van der Waals surface area contributed by atoms with Crippen LogP contribution in [0.15, 0.2) is 61.1 Å². The van der Waals surface area contributed by atoms with Gasteiger partial charge in [-0.3, -0.25) is 9.97 Å². The Balaban J connectivity index is 1.61. The van der Waals surface area contributed by atoms with E-state index in [0.717, 1.165) is 71.2 Å². The van der Waals surface area contributed by atoms with Crippen LogP contribution in [-0.2, 0) is 4.74 Å². The Morgan fingerprint density at radius 1 is 1.06 bits per heavy atom. The third-order valence-corrected chi connectivity index (χ3v) is 5.79. The molecule has 4 heterocycles. The van der Waals surface area contributed by atoms with Gasteiger partial charge in [0.2, 0.25) is 0 Å². The molecular formula is C24H22ClN5O. The molecule has 1 aliphatic heterocycles. The lowest BCUT2D eigenvalue weighted by atomic mass is 10.0. The fraction of sp³-hybridized carbons (Fsp3) is 0.208. The van der Waals surface area contributed by atoms with E-state index in [1.807, 2.05) is 48.8 Å². The molecule has 0 radical (unpaired) electrons. The van der Waals surface area contributed by atoms with E-state index in [1.54, 1.807) is 6.20 Å². The number of anilines is 3. The molecule has 0 saturated carbocycles. The summed E-state index contributed by atoms with van der Waals surface area (Å²) >= 11 is 6.53. The van der Waals surface area contributed by atoms with Gasteiger partial charge >= 0.3 is 0 Å². The summed E-state index contributed by atoms with van der Waals surface area (Å²) in [5.41, 5.74) is 6.31. The van der Waals surface area contributed by atoms with Crippen molar-refractivity contribution in [1.82, 2.24) is 15.0 Å². The van der Waals surface area contributed by atoms with Gasteiger partial charge in [0.15, 0.2) is 0 Å². The summed E-state index contributed by atoms with van der Waals surface area (Å²) in [4.78, 5) is 16.1. The Morgan fingerprint density at radius 3 is 2.74 bits per heavy atom. The second kappa shape index (κ2) is 8.49. The lowest BCUT2D eigenvalue weighted by molar-refractivity contribution is 0.122. The van der Waals surface area contributed by atoms with Crippen molar-refractivity contribution in [3.63, 3.8) is 0 Å². The monoisotopic (exact) mass is 431 g/mol. The highest BCUT2D eigenvalue weighted by Gasteiger charge is 2.17. The summed E-state index contributed by atoms with van der Waals surface area (Å²) in [6.07, 6.45) is 5.50. The Kier molecular flexibility index (Phi) is 5.40. The van der Waals surface area contributed by atoms with Crippen molar-refractivity contribution >= 4 is 39.6 Å². The first kappa shape index (κ1) is 19.7. The minimum Gasteiger partial charge on any atom is -0.378 e. The van der Waals surface area contributed by atoms with Crippen LogP contribution in [0.4, 0.5) is 17.1 Å². The number of nitrogens with one attached hydrogen (secondary N) is 1. The fourth-order valence-corrected chi connectivity index (χ4v) is 4.11. The van der Waals surface area contributed by atoms with Crippen molar-refractivity contribution in [3.05, 3.63) is 71.6 Å². The van der Waals surface area contributed by atoms with E-state index in [9.17, 15) is 0 Å². The molecule has 0 atom stereocenters. The SMILES string of the molecule is Cc1c(-c2ccccn2)nc2c(Cl)cccc2c1Nc1cncc(N2CCOCC2)c1. The van der Waals surface area contributed by atoms with Gasteiger partial charge in [-0.25, -0.2) is 4.98 Å². The van der Waals surface area contributed by atoms with Crippen LogP contribution in [0.3, 0.4) is 0 Å². The smallest absolute Gasteiger partial charge is 0.0944 e. The largest absolute Gasteiger partial charge is 0.378 e. The van der Waals surface area contributed by atoms with Crippen LogP contribution >= 0.6 is 11.6 Å². The topological polar surface area (TPSA) is 63.2 Å². The van der Waals surface area contributed by atoms with E-state index < -0.39 is 0 Å². The van der Waals surface area contributed by atoms with Gasteiger partial charge in [0.1, 0.15) is 0 Å². The van der Waals surface area contributed by atoms with E-state index in [1.165, 1.54) is 0 Å². The lowest BCUT2D eigenvalue weighted by Gasteiger charge is -2.28. The zero-order chi connectivity index (χ0) is 21.2. The number of fused-ring (bicyclic) bond motifs is 1. The summed E-state index contributed by atoms with van der Waals surface area (Å²) < 4.78 is 5.47. The summed E-state index contributed by atoms with van der Waals surface area (Å²) in [5.74, 6) is 0. The van der Waals surface area contributed by atoms with Crippen LogP contribution < -0.4 is 10.2 Å². The van der Waals surface area contributed by atoms with Crippen LogP contribution in [0.5, 0.6) is 0 Å². The third kappa shape index (κ3) is 3.92. The molecule has 31 heavy (non-hydrogen) atoms. The van der Waals surface area contributed by atoms with E-state index in [4.69, 9.17) is 21.3 Å². The number of ether oxygens (including phenoxy) is 1. The maximum atomic E-state index is 6.53. The average Bonchev–Trinajstić information content (AvgIpc) is 2.82. The predicted octanol–water partition coefficient (Wildman–Crippen LogP) is 5.23. The van der Waals surface area contributed by atoms with Crippen LogP contribution in [0.1, 0.15) is 5.56 Å². The molecule has 1 saturated heterocycles. The molecule has 0 unspecified atom stereocenters. The fourth-order valence-electron chi connectivity index (χ4n) is 3.90. The summed E-state index contributed by atoms with van der Waals surface area (Å²) in [6, 6.07) is 13.8. The molecule has 1 aromatic carbocycles. The molecule has 0 amide bonds. The third-order valence-electron chi connectivity index (χ3n) is 5.49. The van der Waals surface area contributed by atoms with Crippen molar-refractivity contribution in [2.45, 2.75) is 6.92 Å². The number of pyridine rings is 3. The molecule has 6 nitrogen and oxygen atoms in total. The summed E-state index contributed by atoms with van der Waals surface area (Å²) in [7, 11) is 0. The molecule has 1 fully saturated rings. The van der Waals surface area contributed by atoms with E-state index >= 15 is 0 Å². The maximum absolute atomic E-state index is 6.53. The quantitative estimate of drug-likeness (QED) is 0.477. The molecular weight excluding hydrogens is 410 g/mol. The summed E-state index contributed by atoms with van der Waals surface area (Å²) in [5, 5.41) is 5.15. The number of morpholine rings is 1. The van der Waals surface area contributed by atoms with Crippen molar-refractivity contribution in [2.75, 3.05) is 36.5 Å².